The first kappa shape index (κ1) is 19.0. The third-order valence-corrected chi connectivity index (χ3v) is 5.57. The molecule has 0 aliphatic carbocycles. The van der Waals surface area contributed by atoms with E-state index in [0.717, 1.165) is 37.4 Å². The minimum absolute atomic E-state index is 0.151. The number of hydrogen-bond acceptors (Lipinski definition) is 3. The Morgan fingerprint density at radius 2 is 2.08 bits per heavy atom. The quantitative estimate of drug-likeness (QED) is 0.825. The summed E-state index contributed by atoms with van der Waals surface area (Å²) in [6, 6.07) is 8.05. The van der Waals surface area contributed by atoms with E-state index in [2.05, 4.69) is 16.3 Å². The molecule has 2 amide bonds. The van der Waals surface area contributed by atoms with Gasteiger partial charge in [0.2, 0.25) is 0 Å². The zero-order valence-electron chi connectivity index (χ0n) is 14.9. The molecule has 0 spiro atoms. The minimum Gasteiger partial charge on any atom is -0.481 e. The second kappa shape index (κ2) is 8.73. The van der Waals surface area contributed by atoms with Gasteiger partial charge >= 0.3 is 12.0 Å². The zero-order chi connectivity index (χ0) is 18.5. The molecule has 1 aromatic rings. The van der Waals surface area contributed by atoms with Crippen molar-refractivity contribution < 1.29 is 14.7 Å². The average molecular weight is 380 g/mol. The van der Waals surface area contributed by atoms with Gasteiger partial charge in [-0.1, -0.05) is 30.2 Å². The third-order valence-electron chi connectivity index (χ3n) is 5.34. The molecule has 0 radical (unpaired) electrons. The van der Waals surface area contributed by atoms with Crippen LogP contribution in [0.15, 0.2) is 24.3 Å². The highest BCUT2D eigenvalue weighted by molar-refractivity contribution is 6.30. The highest BCUT2D eigenvalue weighted by atomic mass is 35.5. The number of hydrogen-bond donors (Lipinski definition) is 2. The van der Waals surface area contributed by atoms with Crippen LogP contribution in [0.5, 0.6) is 0 Å². The van der Waals surface area contributed by atoms with Crippen molar-refractivity contribution >= 4 is 23.6 Å². The highest BCUT2D eigenvalue weighted by Crippen LogP contribution is 2.21. The molecule has 2 saturated heterocycles. The summed E-state index contributed by atoms with van der Waals surface area (Å²) in [7, 11) is 0. The van der Waals surface area contributed by atoms with Crippen LogP contribution in [-0.4, -0.2) is 59.1 Å². The third kappa shape index (κ3) is 4.89. The van der Waals surface area contributed by atoms with Crippen LogP contribution in [0.1, 0.15) is 31.2 Å². The largest absolute Gasteiger partial charge is 0.481 e. The van der Waals surface area contributed by atoms with Crippen LogP contribution >= 0.6 is 11.6 Å². The van der Waals surface area contributed by atoms with E-state index < -0.39 is 11.9 Å². The molecule has 1 aromatic carbocycles. The number of benzene rings is 1. The van der Waals surface area contributed by atoms with E-state index in [1.807, 2.05) is 18.2 Å². The van der Waals surface area contributed by atoms with E-state index in [0.29, 0.717) is 32.1 Å². The molecule has 0 saturated carbocycles. The first-order valence-corrected chi connectivity index (χ1v) is 9.65. The molecule has 142 valence electrons. The summed E-state index contributed by atoms with van der Waals surface area (Å²) in [5, 5.41) is 12.8. The van der Waals surface area contributed by atoms with Gasteiger partial charge in [-0.05, 0) is 43.5 Å². The van der Waals surface area contributed by atoms with Crippen molar-refractivity contribution in [1.82, 2.24) is 15.1 Å². The topological polar surface area (TPSA) is 72.9 Å². The van der Waals surface area contributed by atoms with Gasteiger partial charge in [0.05, 0.1) is 5.92 Å². The number of rotatable bonds is 5. The lowest BCUT2D eigenvalue weighted by Crippen LogP contribution is -2.48. The molecule has 2 fully saturated rings. The number of carboxylic acids is 1. The fourth-order valence-corrected chi connectivity index (χ4v) is 4.05. The van der Waals surface area contributed by atoms with E-state index in [1.54, 1.807) is 4.90 Å². The zero-order valence-corrected chi connectivity index (χ0v) is 15.6. The Morgan fingerprint density at radius 3 is 2.81 bits per heavy atom. The second-order valence-corrected chi connectivity index (χ2v) is 7.64. The second-order valence-electron chi connectivity index (χ2n) is 7.21. The Balaban J connectivity index is 1.52. The minimum atomic E-state index is -0.819. The van der Waals surface area contributed by atoms with Gasteiger partial charge < -0.3 is 15.3 Å². The standard InChI is InChI=1S/C19H26ClN3O3/c20-16-5-3-4-14(10-16)12-22-8-2-1-6-17(22)11-21-19(26)23-9-7-15(13-23)18(24)25/h3-5,10,15,17H,1-2,6-9,11-13H2,(H,21,26)(H,24,25). The molecule has 2 unspecified atom stereocenters. The summed E-state index contributed by atoms with van der Waals surface area (Å²) in [5.41, 5.74) is 1.18. The Kier molecular flexibility index (Phi) is 6.38. The number of carbonyl (C=O) groups excluding carboxylic acids is 1. The van der Waals surface area contributed by atoms with Crippen molar-refractivity contribution in [2.45, 2.75) is 38.3 Å². The summed E-state index contributed by atoms with van der Waals surface area (Å²) in [6.45, 7) is 3.25. The Labute approximate surface area is 159 Å². The molecule has 2 heterocycles. The smallest absolute Gasteiger partial charge is 0.317 e. The number of halogens is 1. The molecule has 2 N–H and O–H groups in total. The fourth-order valence-electron chi connectivity index (χ4n) is 3.83. The van der Waals surface area contributed by atoms with Crippen LogP contribution in [0.4, 0.5) is 4.79 Å². The van der Waals surface area contributed by atoms with E-state index >= 15 is 0 Å². The summed E-state index contributed by atoms with van der Waals surface area (Å²) < 4.78 is 0. The average Bonchev–Trinajstić information content (AvgIpc) is 3.11. The van der Waals surface area contributed by atoms with Crippen molar-refractivity contribution in [2.24, 2.45) is 5.92 Å². The van der Waals surface area contributed by atoms with Crippen LogP contribution in [-0.2, 0) is 11.3 Å². The van der Waals surface area contributed by atoms with Gasteiger partial charge in [0.1, 0.15) is 0 Å². The van der Waals surface area contributed by atoms with Gasteiger partial charge in [-0.2, -0.15) is 0 Å². The Hall–Kier alpha value is -1.79. The first-order chi connectivity index (χ1) is 12.5. The lowest BCUT2D eigenvalue weighted by atomic mass is 10.0. The number of carbonyl (C=O) groups is 2. The maximum absolute atomic E-state index is 12.4. The number of nitrogens with one attached hydrogen (secondary N) is 1. The van der Waals surface area contributed by atoms with E-state index in [4.69, 9.17) is 16.7 Å². The normalized spacial score (nSPS) is 23.8. The Bertz CT molecular complexity index is 655. The highest BCUT2D eigenvalue weighted by Gasteiger charge is 2.31. The van der Waals surface area contributed by atoms with Crippen molar-refractivity contribution in [3.05, 3.63) is 34.9 Å². The summed E-state index contributed by atoms with van der Waals surface area (Å²) >= 11 is 6.09. The molecule has 6 nitrogen and oxygen atoms in total. The molecule has 2 aliphatic heterocycles. The number of likely N-dealkylation sites (tertiary alicyclic amines) is 2. The SMILES string of the molecule is O=C(O)C1CCN(C(=O)NCC2CCCCN2Cc2cccc(Cl)c2)C1. The molecular formula is C19H26ClN3O3. The van der Waals surface area contributed by atoms with Gasteiger partial charge in [-0.15, -0.1) is 0 Å². The number of aliphatic carboxylic acids is 1. The molecule has 2 aliphatic rings. The molecule has 26 heavy (non-hydrogen) atoms. The summed E-state index contributed by atoms with van der Waals surface area (Å²) in [4.78, 5) is 27.4. The molecule has 3 rings (SSSR count). The van der Waals surface area contributed by atoms with Crippen LogP contribution in [0.25, 0.3) is 0 Å². The monoisotopic (exact) mass is 379 g/mol. The maximum atomic E-state index is 12.4. The van der Waals surface area contributed by atoms with Gasteiger partial charge in [-0.25, -0.2) is 4.79 Å². The van der Waals surface area contributed by atoms with Gasteiger partial charge in [0, 0.05) is 37.2 Å². The number of carboxylic acid groups (broad SMARTS) is 1. The van der Waals surface area contributed by atoms with Crippen molar-refractivity contribution in [1.29, 1.82) is 0 Å². The molecular weight excluding hydrogens is 354 g/mol. The molecule has 2 atom stereocenters. The van der Waals surface area contributed by atoms with E-state index in [-0.39, 0.29) is 6.03 Å². The van der Waals surface area contributed by atoms with Crippen LogP contribution in [0.2, 0.25) is 5.02 Å². The summed E-state index contributed by atoms with van der Waals surface area (Å²) in [5.74, 6) is -1.25. The predicted octanol–water partition coefficient (Wildman–Crippen LogP) is 2.81. The molecule has 7 heteroatoms. The van der Waals surface area contributed by atoms with Crippen molar-refractivity contribution in [3.63, 3.8) is 0 Å². The van der Waals surface area contributed by atoms with E-state index in [9.17, 15) is 9.59 Å². The van der Waals surface area contributed by atoms with Crippen molar-refractivity contribution in [2.75, 3.05) is 26.2 Å². The van der Waals surface area contributed by atoms with E-state index in [1.165, 1.54) is 5.56 Å². The predicted molar refractivity (Wildman–Crippen MR) is 100 cm³/mol. The van der Waals surface area contributed by atoms with Crippen LogP contribution in [0.3, 0.4) is 0 Å². The lowest BCUT2D eigenvalue weighted by Gasteiger charge is -2.36. The van der Waals surface area contributed by atoms with Gasteiger partial charge in [0.25, 0.3) is 0 Å². The molecule has 0 aromatic heterocycles. The van der Waals surface area contributed by atoms with Crippen LogP contribution < -0.4 is 5.32 Å². The maximum Gasteiger partial charge on any atom is 0.317 e. The lowest BCUT2D eigenvalue weighted by molar-refractivity contribution is -0.141. The van der Waals surface area contributed by atoms with Crippen molar-refractivity contribution in [3.8, 4) is 0 Å². The van der Waals surface area contributed by atoms with Crippen LogP contribution in [0, 0.1) is 5.92 Å². The first-order valence-electron chi connectivity index (χ1n) is 9.27. The fraction of sp³-hybridized carbons (Fsp3) is 0.579. The Morgan fingerprint density at radius 1 is 1.23 bits per heavy atom. The number of urea groups is 1. The van der Waals surface area contributed by atoms with Gasteiger partial charge in [-0.3, -0.25) is 9.69 Å². The number of nitrogens with zero attached hydrogens (tertiary/aromatic N) is 2. The number of amides is 2. The van der Waals surface area contributed by atoms with Gasteiger partial charge in [0.15, 0.2) is 0 Å². The number of piperidine rings is 1. The summed E-state index contributed by atoms with van der Waals surface area (Å²) in [6.07, 6.45) is 3.92. The molecule has 0 bridgehead atoms.